The average Bonchev–Trinajstić information content (AvgIpc) is 2.55. The first kappa shape index (κ1) is 14.0. The third kappa shape index (κ3) is 2.26. The standard InChI is InChI=1S/C17H12FNO3/c1-22-17(21)15-10-19(12-5-3-2-4-6-12)16(20)14-9-11(18)7-8-13(14)15/h2-10H,1H3. The second-order valence-corrected chi connectivity index (χ2v) is 4.73. The number of ether oxygens (including phenoxy) is 1. The lowest BCUT2D eigenvalue weighted by Gasteiger charge is -2.11. The predicted octanol–water partition coefficient (Wildman–Crippen LogP) is 2.92. The van der Waals surface area contributed by atoms with E-state index >= 15 is 0 Å². The van der Waals surface area contributed by atoms with Crippen molar-refractivity contribution in [2.24, 2.45) is 0 Å². The molecule has 4 nitrogen and oxygen atoms in total. The van der Waals surface area contributed by atoms with Gasteiger partial charge in [-0.2, -0.15) is 0 Å². The number of carbonyl (C=O) groups is 1. The van der Waals surface area contributed by atoms with Gasteiger partial charge in [-0.15, -0.1) is 0 Å². The van der Waals surface area contributed by atoms with Crippen molar-refractivity contribution in [2.45, 2.75) is 0 Å². The molecule has 0 saturated heterocycles. The normalized spacial score (nSPS) is 10.6. The minimum atomic E-state index is -0.582. The number of rotatable bonds is 2. The maximum Gasteiger partial charge on any atom is 0.340 e. The van der Waals surface area contributed by atoms with Gasteiger partial charge >= 0.3 is 5.97 Å². The zero-order valence-corrected chi connectivity index (χ0v) is 11.7. The number of nitrogens with zero attached hydrogens (tertiary/aromatic N) is 1. The van der Waals surface area contributed by atoms with Gasteiger partial charge < -0.3 is 4.74 Å². The van der Waals surface area contributed by atoms with Crippen molar-refractivity contribution in [1.82, 2.24) is 4.57 Å². The Morgan fingerprint density at radius 1 is 1.09 bits per heavy atom. The van der Waals surface area contributed by atoms with Crippen molar-refractivity contribution in [3.63, 3.8) is 0 Å². The van der Waals surface area contributed by atoms with Crippen LogP contribution in [0.3, 0.4) is 0 Å². The average molecular weight is 297 g/mol. The van der Waals surface area contributed by atoms with Crippen LogP contribution < -0.4 is 5.56 Å². The highest BCUT2D eigenvalue weighted by Crippen LogP contribution is 2.19. The van der Waals surface area contributed by atoms with Crippen molar-refractivity contribution < 1.29 is 13.9 Å². The lowest BCUT2D eigenvalue weighted by Crippen LogP contribution is -2.21. The van der Waals surface area contributed by atoms with Gasteiger partial charge in [-0.05, 0) is 24.3 Å². The molecular formula is C17H12FNO3. The van der Waals surface area contributed by atoms with Crippen LogP contribution in [0.2, 0.25) is 0 Å². The van der Waals surface area contributed by atoms with Gasteiger partial charge in [0.25, 0.3) is 5.56 Å². The number of hydrogen-bond donors (Lipinski definition) is 0. The Hall–Kier alpha value is -2.95. The van der Waals surface area contributed by atoms with Gasteiger partial charge in [0.2, 0.25) is 0 Å². The van der Waals surface area contributed by atoms with E-state index in [4.69, 9.17) is 4.74 Å². The first-order chi connectivity index (χ1) is 10.6. The van der Waals surface area contributed by atoms with Crippen LogP contribution in [0.1, 0.15) is 10.4 Å². The van der Waals surface area contributed by atoms with Crippen molar-refractivity contribution >= 4 is 16.7 Å². The lowest BCUT2D eigenvalue weighted by atomic mass is 10.1. The van der Waals surface area contributed by atoms with Gasteiger partial charge in [-0.1, -0.05) is 24.3 Å². The number of carbonyl (C=O) groups excluding carboxylic acids is 1. The fraction of sp³-hybridized carbons (Fsp3) is 0.0588. The van der Waals surface area contributed by atoms with E-state index in [9.17, 15) is 14.0 Å². The highest BCUT2D eigenvalue weighted by Gasteiger charge is 2.16. The fourth-order valence-corrected chi connectivity index (χ4v) is 2.37. The minimum absolute atomic E-state index is 0.131. The highest BCUT2D eigenvalue weighted by molar-refractivity contribution is 6.04. The summed E-state index contributed by atoms with van der Waals surface area (Å²) < 4.78 is 19.6. The summed E-state index contributed by atoms with van der Waals surface area (Å²) in [6.45, 7) is 0. The van der Waals surface area contributed by atoms with Gasteiger partial charge in [0.15, 0.2) is 0 Å². The van der Waals surface area contributed by atoms with Gasteiger partial charge in [-0.25, -0.2) is 9.18 Å². The molecule has 0 bridgehead atoms. The Morgan fingerprint density at radius 2 is 1.82 bits per heavy atom. The summed E-state index contributed by atoms with van der Waals surface area (Å²) in [5.41, 5.74) is 0.401. The Kier molecular flexibility index (Phi) is 3.47. The number of pyridine rings is 1. The predicted molar refractivity (Wildman–Crippen MR) is 80.8 cm³/mol. The molecule has 0 aliphatic carbocycles. The van der Waals surface area contributed by atoms with E-state index in [1.165, 1.54) is 30.0 Å². The number of fused-ring (bicyclic) bond motifs is 1. The molecule has 110 valence electrons. The number of halogens is 1. The lowest BCUT2D eigenvalue weighted by molar-refractivity contribution is 0.0602. The third-order valence-corrected chi connectivity index (χ3v) is 3.42. The van der Waals surface area contributed by atoms with Gasteiger partial charge in [0.05, 0.1) is 18.1 Å². The Morgan fingerprint density at radius 3 is 2.50 bits per heavy atom. The number of hydrogen-bond acceptors (Lipinski definition) is 3. The monoisotopic (exact) mass is 297 g/mol. The van der Waals surface area contributed by atoms with E-state index in [0.717, 1.165) is 6.07 Å². The van der Waals surface area contributed by atoms with E-state index in [-0.39, 0.29) is 10.9 Å². The van der Waals surface area contributed by atoms with Crippen LogP contribution in [0, 0.1) is 5.82 Å². The van der Waals surface area contributed by atoms with Crippen molar-refractivity contribution in [1.29, 1.82) is 0 Å². The van der Waals surface area contributed by atoms with Gasteiger partial charge in [0, 0.05) is 17.3 Å². The summed E-state index contributed by atoms with van der Waals surface area (Å²) in [6.07, 6.45) is 1.42. The molecule has 0 atom stereocenters. The zero-order chi connectivity index (χ0) is 15.7. The number of para-hydroxylation sites is 1. The van der Waals surface area contributed by atoms with Crippen molar-refractivity contribution in [3.8, 4) is 5.69 Å². The van der Waals surface area contributed by atoms with E-state index in [2.05, 4.69) is 0 Å². The Labute approximate surface area is 125 Å². The van der Waals surface area contributed by atoms with Crippen LogP contribution in [-0.2, 0) is 4.74 Å². The topological polar surface area (TPSA) is 48.3 Å². The molecule has 0 radical (unpaired) electrons. The molecule has 3 aromatic rings. The SMILES string of the molecule is COC(=O)c1cn(-c2ccccc2)c(=O)c2cc(F)ccc12. The van der Waals surface area contributed by atoms with Crippen LogP contribution in [0.25, 0.3) is 16.5 Å². The number of aromatic nitrogens is 1. The molecule has 22 heavy (non-hydrogen) atoms. The second kappa shape index (κ2) is 5.44. The molecule has 1 heterocycles. The van der Waals surface area contributed by atoms with Gasteiger partial charge in [0.1, 0.15) is 5.82 Å². The van der Waals surface area contributed by atoms with Crippen LogP contribution in [0.4, 0.5) is 4.39 Å². The first-order valence-corrected chi connectivity index (χ1v) is 6.60. The summed E-state index contributed by atoms with van der Waals surface area (Å²) in [5, 5.41) is 0.497. The van der Waals surface area contributed by atoms with E-state index in [1.807, 2.05) is 6.07 Å². The minimum Gasteiger partial charge on any atom is -0.465 e. The first-order valence-electron chi connectivity index (χ1n) is 6.60. The maximum atomic E-state index is 13.5. The van der Waals surface area contributed by atoms with Crippen LogP contribution >= 0.6 is 0 Å². The molecule has 0 saturated carbocycles. The Balaban J connectivity index is 2.42. The van der Waals surface area contributed by atoms with Crippen molar-refractivity contribution in [2.75, 3.05) is 7.11 Å². The molecule has 0 aliphatic rings. The molecule has 0 N–H and O–H groups in total. The van der Waals surface area contributed by atoms with Gasteiger partial charge in [-0.3, -0.25) is 9.36 Å². The molecule has 0 fully saturated rings. The summed E-state index contributed by atoms with van der Waals surface area (Å²) >= 11 is 0. The number of esters is 1. The second-order valence-electron chi connectivity index (χ2n) is 4.73. The molecule has 5 heteroatoms. The molecule has 0 aliphatic heterocycles. The van der Waals surface area contributed by atoms with E-state index in [0.29, 0.717) is 11.1 Å². The molecule has 1 aromatic heterocycles. The quantitative estimate of drug-likeness (QED) is 0.683. The molecule has 3 rings (SSSR count). The molecule has 0 spiro atoms. The largest absolute Gasteiger partial charge is 0.465 e. The fourth-order valence-electron chi connectivity index (χ4n) is 2.37. The summed E-state index contributed by atoms with van der Waals surface area (Å²) in [4.78, 5) is 24.6. The maximum absolute atomic E-state index is 13.5. The van der Waals surface area contributed by atoms with Crippen LogP contribution in [-0.4, -0.2) is 17.6 Å². The highest BCUT2D eigenvalue weighted by atomic mass is 19.1. The summed E-state index contributed by atoms with van der Waals surface area (Å²) in [6, 6.07) is 12.6. The third-order valence-electron chi connectivity index (χ3n) is 3.42. The zero-order valence-electron chi connectivity index (χ0n) is 11.7. The smallest absolute Gasteiger partial charge is 0.340 e. The molecule has 0 amide bonds. The van der Waals surface area contributed by atoms with Crippen molar-refractivity contribution in [3.05, 3.63) is 76.5 Å². The molecule has 2 aromatic carbocycles. The van der Waals surface area contributed by atoms with Crippen LogP contribution in [0.5, 0.6) is 0 Å². The Bertz CT molecular complexity index is 916. The van der Waals surface area contributed by atoms with Crippen LogP contribution in [0.15, 0.2) is 59.5 Å². The summed E-state index contributed by atoms with van der Waals surface area (Å²) in [5.74, 6) is -1.12. The summed E-state index contributed by atoms with van der Waals surface area (Å²) in [7, 11) is 1.26. The molecular weight excluding hydrogens is 285 g/mol. The number of benzene rings is 2. The number of methoxy groups -OCH3 is 1. The van der Waals surface area contributed by atoms with E-state index in [1.54, 1.807) is 24.3 Å². The molecule has 0 unspecified atom stereocenters. The van der Waals surface area contributed by atoms with E-state index < -0.39 is 17.3 Å².